The van der Waals surface area contributed by atoms with E-state index in [2.05, 4.69) is 9.30 Å². The van der Waals surface area contributed by atoms with Gasteiger partial charge in [-0.3, -0.25) is 4.58 Å². The topological polar surface area (TPSA) is 69.5 Å². The Morgan fingerprint density at radius 1 is 1.15 bits per heavy atom. The standard InChI is InChI=1S/C19H19N3O3S2/c1-14-7-9-16(10-8-14)27(24,25)20-18(23)22-17(15-5-3-2-4-6-15)13-21-11-12-26-19(21)22/h2-10,17H,11-13H2,1H3/p+1. The van der Waals surface area contributed by atoms with Crippen molar-refractivity contribution >= 4 is 33.0 Å². The van der Waals surface area contributed by atoms with Crippen molar-refractivity contribution in [1.29, 1.82) is 0 Å². The highest BCUT2D eigenvalue weighted by Gasteiger charge is 2.48. The summed E-state index contributed by atoms with van der Waals surface area (Å²) in [7, 11) is -3.93. The summed E-state index contributed by atoms with van der Waals surface area (Å²) < 4.78 is 29.7. The lowest BCUT2D eigenvalue weighted by Crippen LogP contribution is -2.45. The zero-order valence-corrected chi connectivity index (χ0v) is 16.5. The zero-order valence-electron chi connectivity index (χ0n) is 14.8. The predicted octanol–water partition coefficient (Wildman–Crippen LogP) is 2.57. The third-order valence-corrected chi connectivity index (χ3v) is 7.17. The van der Waals surface area contributed by atoms with Crippen molar-refractivity contribution in [3.63, 3.8) is 0 Å². The summed E-state index contributed by atoms with van der Waals surface area (Å²) in [5.74, 6) is 0.894. The number of benzene rings is 2. The van der Waals surface area contributed by atoms with Gasteiger partial charge in [0.2, 0.25) is 0 Å². The number of carbonyl (C=O) groups excluding carboxylic acids is 1. The second kappa shape index (κ2) is 7.01. The molecule has 2 aromatic carbocycles. The fraction of sp³-hybridized carbons (Fsp3) is 0.263. The molecule has 0 radical (unpaired) electrons. The quantitative estimate of drug-likeness (QED) is 0.801. The van der Waals surface area contributed by atoms with Crippen molar-refractivity contribution in [3.05, 3.63) is 65.7 Å². The summed E-state index contributed by atoms with van der Waals surface area (Å²) in [6.45, 7) is 3.41. The Morgan fingerprint density at radius 3 is 2.56 bits per heavy atom. The van der Waals surface area contributed by atoms with E-state index in [1.165, 1.54) is 12.1 Å². The second-order valence-corrected chi connectivity index (χ2v) is 9.34. The SMILES string of the molecule is Cc1ccc(S(=O)(=O)NC(=O)N2C3=[N+](CCS3)CC2c2ccccc2)cc1. The molecule has 2 heterocycles. The molecule has 0 fully saturated rings. The van der Waals surface area contributed by atoms with Crippen LogP contribution in [-0.4, -0.2) is 47.9 Å². The average Bonchev–Trinajstić information content (AvgIpc) is 3.23. The van der Waals surface area contributed by atoms with Gasteiger partial charge < -0.3 is 0 Å². The van der Waals surface area contributed by atoms with Crippen molar-refractivity contribution in [3.8, 4) is 0 Å². The monoisotopic (exact) mass is 402 g/mol. The lowest BCUT2D eigenvalue weighted by Gasteiger charge is -2.19. The number of urea groups is 1. The molecule has 0 aromatic heterocycles. The number of sulfonamides is 1. The van der Waals surface area contributed by atoms with Gasteiger partial charge in [0.1, 0.15) is 6.54 Å². The van der Waals surface area contributed by atoms with Gasteiger partial charge in [-0.05, 0) is 30.8 Å². The van der Waals surface area contributed by atoms with Crippen LogP contribution in [0.3, 0.4) is 0 Å². The minimum Gasteiger partial charge on any atom is -0.250 e. The molecule has 2 aliphatic heterocycles. The third kappa shape index (κ3) is 3.46. The molecule has 0 bridgehead atoms. The van der Waals surface area contributed by atoms with E-state index in [4.69, 9.17) is 0 Å². The molecule has 4 rings (SSSR count). The van der Waals surface area contributed by atoms with Gasteiger partial charge in [-0.1, -0.05) is 48.0 Å². The molecule has 0 spiro atoms. The molecule has 0 saturated heterocycles. The van der Waals surface area contributed by atoms with Crippen molar-refractivity contribution in [2.24, 2.45) is 0 Å². The van der Waals surface area contributed by atoms with Gasteiger partial charge in [0, 0.05) is 11.3 Å². The lowest BCUT2D eigenvalue weighted by molar-refractivity contribution is -0.511. The number of amidine groups is 1. The van der Waals surface area contributed by atoms with Crippen LogP contribution in [0, 0.1) is 6.92 Å². The van der Waals surface area contributed by atoms with Crippen LogP contribution in [0.1, 0.15) is 17.2 Å². The number of nitrogens with zero attached hydrogens (tertiary/aromatic N) is 2. The van der Waals surface area contributed by atoms with Crippen LogP contribution in [0.15, 0.2) is 59.5 Å². The molecule has 1 N–H and O–H groups in total. The zero-order chi connectivity index (χ0) is 19.0. The second-order valence-electron chi connectivity index (χ2n) is 6.60. The van der Waals surface area contributed by atoms with E-state index in [1.807, 2.05) is 37.3 Å². The number of thioether (sulfide) groups is 1. The maximum Gasteiger partial charge on any atom is 0.423 e. The molecular formula is C19H20N3O3S2+. The highest BCUT2D eigenvalue weighted by Crippen LogP contribution is 2.33. The van der Waals surface area contributed by atoms with Gasteiger partial charge in [-0.2, -0.15) is 4.90 Å². The lowest BCUT2D eigenvalue weighted by atomic mass is 10.1. The smallest absolute Gasteiger partial charge is 0.250 e. The Balaban J connectivity index is 1.63. The summed E-state index contributed by atoms with van der Waals surface area (Å²) in [6.07, 6.45) is 0. The summed E-state index contributed by atoms with van der Waals surface area (Å²) in [6, 6.07) is 15.3. The Bertz CT molecular complexity index is 1000. The van der Waals surface area contributed by atoms with Crippen LogP contribution >= 0.6 is 11.8 Å². The van der Waals surface area contributed by atoms with Crippen LogP contribution in [-0.2, 0) is 10.0 Å². The van der Waals surface area contributed by atoms with Gasteiger partial charge in [0.25, 0.3) is 10.0 Å². The van der Waals surface area contributed by atoms with E-state index in [0.29, 0.717) is 6.54 Å². The van der Waals surface area contributed by atoms with Crippen LogP contribution in [0.4, 0.5) is 4.79 Å². The Morgan fingerprint density at radius 2 is 1.85 bits per heavy atom. The number of hydrogen-bond donors (Lipinski definition) is 1. The molecular weight excluding hydrogens is 382 g/mol. The van der Waals surface area contributed by atoms with E-state index in [-0.39, 0.29) is 10.9 Å². The van der Waals surface area contributed by atoms with Crippen LogP contribution in [0.25, 0.3) is 0 Å². The number of carbonyl (C=O) groups is 1. The number of hydrogen-bond acceptors (Lipinski definition) is 4. The summed E-state index contributed by atoms with van der Waals surface area (Å²) in [5, 5.41) is 0.820. The number of nitrogens with one attached hydrogen (secondary N) is 1. The number of rotatable bonds is 3. The molecule has 1 atom stereocenters. The fourth-order valence-electron chi connectivity index (χ4n) is 3.35. The highest BCUT2D eigenvalue weighted by atomic mass is 32.2. The molecule has 8 heteroatoms. The third-order valence-electron chi connectivity index (χ3n) is 4.73. The molecule has 140 valence electrons. The van der Waals surface area contributed by atoms with Gasteiger partial charge in [0.15, 0.2) is 6.04 Å². The predicted molar refractivity (Wildman–Crippen MR) is 105 cm³/mol. The molecule has 2 aromatic rings. The van der Waals surface area contributed by atoms with Crippen molar-refractivity contribution in [2.45, 2.75) is 17.9 Å². The first-order valence-electron chi connectivity index (χ1n) is 8.68. The Kier molecular flexibility index (Phi) is 4.69. The maximum absolute atomic E-state index is 13.0. The van der Waals surface area contributed by atoms with Crippen LogP contribution < -0.4 is 4.72 Å². The Labute approximate surface area is 162 Å². The molecule has 2 aliphatic rings. The largest absolute Gasteiger partial charge is 0.423 e. The Hall–Kier alpha value is -2.32. The van der Waals surface area contributed by atoms with Gasteiger partial charge in [-0.15, -0.1) is 0 Å². The van der Waals surface area contributed by atoms with Crippen LogP contribution in [0.5, 0.6) is 0 Å². The van der Waals surface area contributed by atoms with E-state index in [1.54, 1.807) is 28.8 Å². The van der Waals surface area contributed by atoms with Gasteiger partial charge >= 0.3 is 11.2 Å². The van der Waals surface area contributed by atoms with Gasteiger partial charge in [-0.25, -0.2) is 17.9 Å². The first-order chi connectivity index (χ1) is 13.0. The highest BCUT2D eigenvalue weighted by molar-refractivity contribution is 8.13. The molecule has 1 unspecified atom stereocenters. The van der Waals surface area contributed by atoms with E-state index >= 15 is 0 Å². The van der Waals surface area contributed by atoms with E-state index in [9.17, 15) is 13.2 Å². The fourth-order valence-corrected chi connectivity index (χ4v) is 5.48. The number of aryl methyl sites for hydroxylation is 1. The molecule has 0 saturated carbocycles. The minimum absolute atomic E-state index is 0.0813. The molecule has 27 heavy (non-hydrogen) atoms. The van der Waals surface area contributed by atoms with E-state index in [0.717, 1.165) is 28.6 Å². The van der Waals surface area contributed by atoms with Crippen molar-refractivity contribution in [2.75, 3.05) is 18.8 Å². The normalized spacial score (nSPS) is 19.3. The minimum atomic E-state index is -3.93. The van der Waals surface area contributed by atoms with Crippen molar-refractivity contribution in [1.82, 2.24) is 9.62 Å². The van der Waals surface area contributed by atoms with E-state index < -0.39 is 16.1 Å². The summed E-state index contributed by atoms with van der Waals surface area (Å²) in [5.41, 5.74) is 1.94. The number of amides is 2. The summed E-state index contributed by atoms with van der Waals surface area (Å²) >= 11 is 1.58. The summed E-state index contributed by atoms with van der Waals surface area (Å²) in [4.78, 5) is 14.7. The molecule has 0 aliphatic carbocycles. The van der Waals surface area contributed by atoms with Crippen LogP contribution in [0.2, 0.25) is 0 Å². The van der Waals surface area contributed by atoms with Crippen molar-refractivity contribution < 1.29 is 17.8 Å². The first kappa shape index (κ1) is 18.1. The van der Waals surface area contributed by atoms with Gasteiger partial charge in [0.05, 0.1) is 11.4 Å². The first-order valence-corrected chi connectivity index (χ1v) is 11.1. The molecule has 6 nitrogen and oxygen atoms in total. The maximum atomic E-state index is 13.0. The average molecular weight is 403 g/mol. The molecule has 2 amide bonds.